The molecule has 0 aliphatic heterocycles. The molecule has 3 aromatic carbocycles. The van der Waals surface area contributed by atoms with Crippen LogP contribution in [0.15, 0.2) is 78.9 Å². The highest BCUT2D eigenvalue weighted by atomic mass is 16.1. The molecule has 0 aliphatic rings. The summed E-state index contributed by atoms with van der Waals surface area (Å²) < 4.78 is 0. The number of rotatable bonds is 3. The van der Waals surface area contributed by atoms with E-state index in [9.17, 15) is 4.79 Å². The number of benzene rings is 3. The molecule has 0 aliphatic carbocycles. The second-order valence-electron chi connectivity index (χ2n) is 5.80. The lowest BCUT2D eigenvalue weighted by Gasteiger charge is -2.05. The first-order valence-electron chi connectivity index (χ1n) is 7.99. The van der Waals surface area contributed by atoms with Crippen molar-refractivity contribution in [1.29, 1.82) is 5.26 Å². The van der Waals surface area contributed by atoms with Crippen LogP contribution in [0.3, 0.4) is 0 Å². The van der Waals surface area contributed by atoms with Crippen LogP contribution in [0.25, 0.3) is 22.2 Å². The summed E-state index contributed by atoms with van der Waals surface area (Å²) in [6.45, 7) is 0. The minimum atomic E-state index is -0.0163. The molecule has 3 nitrogen and oxygen atoms in total. The first-order valence-corrected chi connectivity index (χ1v) is 7.99. The minimum Gasteiger partial charge on any atom is -0.354 e. The van der Waals surface area contributed by atoms with Gasteiger partial charge >= 0.3 is 0 Å². The second kappa shape index (κ2) is 6.10. The van der Waals surface area contributed by atoms with Crippen LogP contribution >= 0.6 is 0 Å². The first-order chi connectivity index (χ1) is 12.3. The van der Waals surface area contributed by atoms with Gasteiger partial charge in [0.05, 0.1) is 22.9 Å². The number of carbonyl (C=O) groups excluding carboxylic acids is 1. The molecule has 118 valence electrons. The molecule has 0 saturated heterocycles. The number of para-hydroxylation sites is 1. The number of aromatic amines is 1. The van der Waals surface area contributed by atoms with Gasteiger partial charge in [-0.2, -0.15) is 5.26 Å². The highest BCUT2D eigenvalue weighted by molar-refractivity contribution is 6.20. The number of H-pyrrole nitrogens is 1. The van der Waals surface area contributed by atoms with Crippen LogP contribution in [-0.2, 0) is 0 Å². The summed E-state index contributed by atoms with van der Waals surface area (Å²) in [5.74, 6) is -0.0163. The molecule has 0 unspecified atom stereocenters. The highest BCUT2D eigenvalue weighted by Gasteiger charge is 2.20. The number of hydrogen-bond acceptors (Lipinski definition) is 2. The fourth-order valence-electron chi connectivity index (χ4n) is 3.04. The fraction of sp³-hybridized carbons (Fsp3) is 0. The molecule has 25 heavy (non-hydrogen) atoms. The van der Waals surface area contributed by atoms with E-state index >= 15 is 0 Å². The quantitative estimate of drug-likeness (QED) is 0.543. The highest BCUT2D eigenvalue weighted by Crippen LogP contribution is 2.32. The summed E-state index contributed by atoms with van der Waals surface area (Å²) in [7, 11) is 0. The molecule has 0 amide bonds. The molecule has 4 aromatic rings. The number of carbonyl (C=O) groups is 1. The van der Waals surface area contributed by atoms with Gasteiger partial charge in [0.15, 0.2) is 5.78 Å². The van der Waals surface area contributed by atoms with Crippen molar-refractivity contribution in [1.82, 2.24) is 4.98 Å². The Morgan fingerprint density at radius 2 is 1.52 bits per heavy atom. The van der Waals surface area contributed by atoms with E-state index in [2.05, 4.69) is 11.1 Å². The van der Waals surface area contributed by atoms with Gasteiger partial charge < -0.3 is 4.98 Å². The maximum Gasteiger partial charge on any atom is 0.195 e. The third kappa shape index (κ3) is 2.60. The zero-order valence-corrected chi connectivity index (χ0v) is 13.4. The molecular weight excluding hydrogens is 308 g/mol. The predicted molar refractivity (Wildman–Crippen MR) is 98.3 cm³/mol. The minimum absolute atomic E-state index is 0.0163. The van der Waals surface area contributed by atoms with Crippen molar-refractivity contribution in [3.63, 3.8) is 0 Å². The van der Waals surface area contributed by atoms with E-state index in [1.807, 2.05) is 66.7 Å². The molecule has 1 heterocycles. The number of aromatic nitrogens is 1. The Balaban J connectivity index is 1.95. The zero-order valence-electron chi connectivity index (χ0n) is 13.4. The van der Waals surface area contributed by atoms with Crippen LogP contribution in [0.1, 0.15) is 21.5 Å². The van der Waals surface area contributed by atoms with Gasteiger partial charge in [-0.3, -0.25) is 4.79 Å². The van der Waals surface area contributed by atoms with E-state index in [0.717, 1.165) is 22.2 Å². The van der Waals surface area contributed by atoms with E-state index in [4.69, 9.17) is 5.26 Å². The second-order valence-corrected chi connectivity index (χ2v) is 5.80. The number of nitrogens with one attached hydrogen (secondary N) is 1. The van der Waals surface area contributed by atoms with Gasteiger partial charge in [-0.05, 0) is 23.8 Å². The molecule has 3 heteroatoms. The Morgan fingerprint density at radius 1 is 0.840 bits per heavy atom. The number of nitriles is 1. The van der Waals surface area contributed by atoms with Crippen molar-refractivity contribution in [3.8, 4) is 17.3 Å². The number of nitrogens with zero attached hydrogens (tertiary/aromatic N) is 1. The number of hydrogen-bond donors (Lipinski definition) is 1. The van der Waals surface area contributed by atoms with Gasteiger partial charge in [-0.15, -0.1) is 0 Å². The number of ketones is 1. The molecule has 1 aromatic heterocycles. The Bertz CT molecular complexity index is 1100. The summed E-state index contributed by atoms with van der Waals surface area (Å²) in [6.07, 6.45) is 0. The van der Waals surface area contributed by atoms with E-state index in [1.54, 1.807) is 12.1 Å². The lowest BCUT2D eigenvalue weighted by Crippen LogP contribution is -2.02. The maximum absolute atomic E-state index is 13.2. The topological polar surface area (TPSA) is 56.6 Å². The lowest BCUT2D eigenvalue weighted by atomic mass is 9.97. The third-order valence-electron chi connectivity index (χ3n) is 4.27. The lowest BCUT2D eigenvalue weighted by molar-refractivity contribution is 0.104. The van der Waals surface area contributed by atoms with Crippen LogP contribution in [0.5, 0.6) is 0 Å². The van der Waals surface area contributed by atoms with Gasteiger partial charge in [-0.25, -0.2) is 0 Å². The van der Waals surface area contributed by atoms with Gasteiger partial charge in [0.1, 0.15) is 0 Å². The van der Waals surface area contributed by atoms with E-state index in [0.29, 0.717) is 16.7 Å². The third-order valence-corrected chi connectivity index (χ3v) is 4.27. The van der Waals surface area contributed by atoms with Crippen molar-refractivity contribution in [2.75, 3.05) is 0 Å². The van der Waals surface area contributed by atoms with Crippen LogP contribution in [0, 0.1) is 11.3 Å². The molecule has 0 fully saturated rings. The Hall–Kier alpha value is -3.64. The van der Waals surface area contributed by atoms with Crippen LogP contribution in [0.4, 0.5) is 0 Å². The van der Waals surface area contributed by atoms with Gasteiger partial charge in [0.25, 0.3) is 0 Å². The van der Waals surface area contributed by atoms with E-state index in [1.165, 1.54) is 0 Å². The average Bonchev–Trinajstić information content (AvgIpc) is 3.07. The monoisotopic (exact) mass is 322 g/mol. The smallest absolute Gasteiger partial charge is 0.195 e. The van der Waals surface area contributed by atoms with Crippen LogP contribution in [0.2, 0.25) is 0 Å². The summed E-state index contributed by atoms with van der Waals surface area (Å²) in [4.78, 5) is 16.5. The van der Waals surface area contributed by atoms with Crippen molar-refractivity contribution < 1.29 is 4.79 Å². The SMILES string of the molecule is N#Cc1ccc(-c2[nH]c3ccccc3c2C(=O)c2ccccc2)cc1. The molecule has 4 rings (SSSR count). The molecule has 0 spiro atoms. The van der Waals surface area contributed by atoms with Crippen molar-refractivity contribution in [2.24, 2.45) is 0 Å². The van der Waals surface area contributed by atoms with E-state index < -0.39 is 0 Å². The normalized spacial score (nSPS) is 10.5. The molecule has 0 atom stereocenters. The summed E-state index contributed by atoms with van der Waals surface area (Å²) in [5.41, 5.74) is 4.49. The molecule has 0 saturated carbocycles. The molecule has 1 N–H and O–H groups in total. The average molecular weight is 322 g/mol. The van der Waals surface area contributed by atoms with Crippen molar-refractivity contribution in [3.05, 3.63) is 95.6 Å². The molecular formula is C22H14N2O. The Morgan fingerprint density at radius 3 is 2.24 bits per heavy atom. The maximum atomic E-state index is 13.2. The molecule has 0 bridgehead atoms. The standard InChI is InChI=1S/C22H14N2O/c23-14-15-10-12-16(13-11-15)21-20(18-8-4-5-9-19(18)24-21)22(25)17-6-2-1-3-7-17/h1-13,24H. The van der Waals surface area contributed by atoms with Gasteiger partial charge in [0, 0.05) is 16.5 Å². The Labute approximate surface area is 145 Å². The van der Waals surface area contributed by atoms with Crippen LogP contribution < -0.4 is 0 Å². The van der Waals surface area contributed by atoms with Gasteiger partial charge in [-0.1, -0.05) is 60.7 Å². The van der Waals surface area contributed by atoms with Crippen molar-refractivity contribution >= 4 is 16.7 Å². The fourth-order valence-corrected chi connectivity index (χ4v) is 3.04. The van der Waals surface area contributed by atoms with E-state index in [-0.39, 0.29) is 5.78 Å². The number of fused-ring (bicyclic) bond motifs is 1. The first kappa shape index (κ1) is 14.9. The summed E-state index contributed by atoms with van der Waals surface area (Å²) >= 11 is 0. The predicted octanol–water partition coefficient (Wildman–Crippen LogP) is 4.94. The summed E-state index contributed by atoms with van der Waals surface area (Å²) in [5, 5.41) is 9.89. The Kier molecular flexibility index (Phi) is 3.64. The van der Waals surface area contributed by atoms with Gasteiger partial charge in [0.2, 0.25) is 0 Å². The zero-order chi connectivity index (χ0) is 17.2. The van der Waals surface area contributed by atoms with Crippen molar-refractivity contribution in [2.45, 2.75) is 0 Å². The summed E-state index contributed by atoms with van der Waals surface area (Å²) in [6, 6.07) is 26.4. The molecule has 0 radical (unpaired) electrons. The van der Waals surface area contributed by atoms with Crippen LogP contribution in [-0.4, -0.2) is 10.8 Å². The largest absolute Gasteiger partial charge is 0.354 e.